The Morgan fingerprint density at radius 1 is 1.22 bits per heavy atom. The highest BCUT2D eigenvalue weighted by Gasteiger charge is 2.41. The summed E-state index contributed by atoms with van der Waals surface area (Å²) in [5.41, 5.74) is 1.43. The molecule has 0 radical (unpaired) electrons. The number of halogens is 3. The van der Waals surface area contributed by atoms with E-state index in [0.717, 1.165) is 23.8 Å². The minimum absolute atomic E-state index is 0.166. The largest absolute Gasteiger partial charge is 0.487 e. The predicted octanol–water partition coefficient (Wildman–Crippen LogP) is 5.60. The van der Waals surface area contributed by atoms with Gasteiger partial charge in [0.15, 0.2) is 0 Å². The lowest BCUT2D eigenvalue weighted by Gasteiger charge is -2.19. The maximum absolute atomic E-state index is 13.4. The number of hydrogen-bond acceptors (Lipinski definition) is 6. The molecule has 1 atom stereocenters. The topological polar surface area (TPSA) is 72.9 Å². The SMILES string of the molecule is CCOC(=O)[C@@H](C)N1C(=O)S/C(=C/c2cc(I)c(OCc3cccc(F)c3)c(I)c2)C1=O. The number of carbonyl (C=O) groups is 3. The Kier molecular flexibility index (Phi) is 8.55. The second kappa shape index (κ2) is 11.0. The van der Waals surface area contributed by atoms with Crippen molar-refractivity contribution in [1.82, 2.24) is 4.90 Å². The van der Waals surface area contributed by atoms with Crippen molar-refractivity contribution in [1.29, 1.82) is 0 Å². The van der Waals surface area contributed by atoms with Crippen LogP contribution in [0.1, 0.15) is 25.0 Å². The second-order valence-corrected chi connectivity index (χ2v) is 10.0. The molecule has 10 heteroatoms. The molecule has 0 aliphatic carbocycles. The minimum atomic E-state index is -0.993. The first-order valence-corrected chi connectivity index (χ1v) is 12.5. The number of benzene rings is 2. The third kappa shape index (κ3) is 5.81. The Balaban J connectivity index is 1.78. The van der Waals surface area contributed by atoms with E-state index in [4.69, 9.17) is 9.47 Å². The number of nitrogens with zero attached hydrogens (tertiary/aromatic N) is 1. The van der Waals surface area contributed by atoms with E-state index < -0.39 is 23.2 Å². The fraction of sp³-hybridized carbons (Fsp3) is 0.227. The van der Waals surface area contributed by atoms with Crippen molar-refractivity contribution in [2.24, 2.45) is 0 Å². The molecule has 1 saturated heterocycles. The van der Waals surface area contributed by atoms with Crippen molar-refractivity contribution in [3.63, 3.8) is 0 Å². The van der Waals surface area contributed by atoms with Crippen LogP contribution in [0, 0.1) is 13.0 Å². The third-order valence-corrected chi connectivity index (χ3v) is 6.92. The fourth-order valence-electron chi connectivity index (χ4n) is 2.92. The molecule has 1 fully saturated rings. The highest BCUT2D eigenvalue weighted by Crippen LogP contribution is 2.36. The molecular formula is C22H18FI2NO5S. The molecule has 0 N–H and O–H groups in total. The van der Waals surface area contributed by atoms with Gasteiger partial charge in [0.05, 0.1) is 18.7 Å². The van der Waals surface area contributed by atoms with Gasteiger partial charge in [0, 0.05) is 0 Å². The monoisotopic (exact) mass is 681 g/mol. The first-order valence-electron chi connectivity index (χ1n) is 9.51. The number of hydrogen-bond donors (Lipinski definition) is 0. The number of amides is 2. The number of ether oxygens (including phenoxy) is 2. The lowest BCUT2D eigenvalue weighted by atomic mass is 10.2. The highest BCUT2D eigenvalue weighted by molar-refractivity contribution is 14.1. The molecule has 2 amide bonds. The zero-order valence-corrected chi connectivity index (χ0v) is 22.2. The van der Waals surface area contributed by atoms with Crippen LogP contribution < -0.4 is 4.74 Å². The molecule has 3 rings (SSSR count). The normalized spacial score (nSPS) is 15.9. The summed E-state index contributed by atoms with van der Waals surface area (Å²) in [4.78, 5) is 38.2. The molecule has 0 unspecified atom stereocenters. The molecule has 2 aromatic rings. The van der Waals surface area contributed by atoms with Crippen LogP contribution in [0.4, 0.5) is 9.18 Å². The zero-order chi connectivity index (χ0) is 23.4. The van der Waals surface area contributed by atoms with Crippen molar-refractivity contribution in [2.45, 2.75) is 26.5 Å². The van der Waals surface area contributed by atoms with Gasteiger partial charge in [-0.2, -0.15) is 0 Å². The van der Waals surface area contributed by atoms with E-state index in [9.17, 15) is 18.8 Å². The summed E-state index contributed by atoms with van der Waals surface area (Å²) in [7, 11) is 0. The number of thioether (sulfide) groups is 1. The summed E-state index contributed by atoms with van der Waals surface area (Å²) in [6.07, 6.45) is 1.61. The average Bonchev–Trinajstić information content (AvgIpc) is 3.00. The molecule has 2 aromatic carbocycles. The van der Waals surface area contributed by atoms with Crippen molar-refractivity contribution >= 4 is 80.1 Å². The maximum atomic E-state index is 13.4. The fourth-order valence-corrected chi connectivity index (χ4v) is 5.95. The van der Waals surface area contributed by atoms with Gasteiger partial charge in [0.25, 0.3) is 11.1 Å². The lowest BCUT2D eigenvalue weighted by molar-refractivity contribution is -0.150. The van der Waals surface area contributed by atoms with Crippen LogP contribution >= 0.6 is 56.9 Å². The zero-order valence-electron chi connectivity index (χ0n) is 17.1. The first-order chi connectivity index (χ1) is 15.2. The lowest BCUT2D eigenvalue weighted by Crippen LogP contribution is -2.42. The smallest absolute Gasteiger partial charge is 0.329 e. The van der Waals surface area contributed by atoms with Gasteiger partial charge >= 0.3 is 5.97 Å². The highest BCUT2D eigenvalue weighted by atomic mass is 127. The van der Waals surface area contributed by atoms with Crippen LogP contribution in [0.15, 0.2) is 41.3 Å². The van der Waals surface area contributed by atoms with E-state index in [0.29, 0.717) is 16.9 Å². The summed E-state index contributed by atoms with van der Waals surface area (Å²) in [5, 5.41) is -0.513. The quantitative estimate of drug-likeness (QED) is 0.215. The summed E-state index contributed by atoms with van der Waals surface area (Å²) in [5.74, 6) is -0.828. The second-order valence-electron chi connectivity index (χ2n) is 6.71. The van der Waals surface area contributed by atoms with E-state index in [1.165, 1.54) is 19.1 Å². The maximum Gasteiger partial charge on any atom is 0.329 e. The van der Waals surface area contributed by atoms with E-state index >= 15 is 0 Å². The summed E-state index contributed by atoms with van der Waals surface area (Å²) in [6, 6.07) is 8.86. The van der Waals surface area contributed by atoms with Crippen molar-refractivity contribution in [3.05, 3.63) is 65.4 Å². The van der Waals surface area contributed by atoms with Gasteiger partial charge < -0.3 is 9.47 Å². The van der Waals surface area contributed by atoms with Crippen molar-refractivity contribution < 1.29 is 28.2 Å². The Morgan fingerprint density at radius 2 is 1.91 bits per heavy atom. The van der Waals surface area contributed by atoms with E-state index in [2.05, 4.69) is 45.2 Å². The number of imide groups is 1. The summed E-state index contributed by atoms with van der Waals surface area (Å²) in [6.45, 7) is 3.51. The van der Waals surface area contributed by atoms with Crippen LogP contribution in [-0.4, -0.2) is 34.7 Å². The minimum Gasteiger partial charge on any atom is -0.487 e. The average molecular weight is 681 g/mol. The van der Waals surface area contributed by atoms with Gasteiger partial charge in [-0.3, -0.25) is 14.5 Å². The molecule has 0 saturated carbocycles. The summed E-state index contributed by atoms with van der Waals surface area (Å²) >= 11 is 5.04. The predicted molar refractivity (Wildman–Crippen MR) is 137 cm³/mol. The van der Waals surface area contributed by atoms with Gasteiger partial charge in [-0.15, -0.1) is 0 Å². The van der Waals surface area contributed by atoms with Crippen LogP contribution in [0.5, 0.6) is 5.75 Å². The molecule has 0 bridgehead atoms. The Bertz CT molecular complexity index is 1080. The van der Waals surface area contributed by atoms with Gasteiger partial charge in [-0.25, -0.2) is 9.18 Å². The molecule has 0 spiro atoms. The van der Waals surface area contributed by atoms with E-state index in [-0.39, 0.29) is 23.9 Å². The molecule has 1 heterocycles. The first kappa shape index (κ1) is 25.0. The molecule has 1 aliphatic rings. The molecule has 6 nitrogen and oxygen atoms in total. The molecule has 0 aromatic heterocycles. The van der Waals surface area contributed by atoms with Crippen LogP contribution in [0.3, 0.4) is 0 Å². The number of carbonyl (C=O) groups excluding carboxylic acids is 3. The number of rotatable bonds is 7. The van der Waals surface area contributed by atoms with Gasteiger partial charge in [-0.1, -0.05) is 12.1 Å². The van der Waals surface area contributed by atoms with E-state index in [1.807, 2.05) is 12.1 Å². The Hall–Kier alpha value is -1.67. The molecule has 32 heavy (non-hydrogen) atoms. The van der Waals surface area contributed by atoms with Gasteiger partial charge in [0.2, 0.25) is 0 Å². The third-order valence-electron chi connectivity index (χ3n) is 4.43. The number of esters is 1. The van der Waals surface area contributed by atoms with Crippen LogP contribution in [-0.2, 0) is 20.9 Å². The van der Waals surface area contributed by atoms with Crippen molar-refractivity contribution in [2.75, 3.05) is 6.61 Å². The Labute approximate surface area is 216 Å². The van der Waals surface area contributed by atoms with Gasteiger partial charge in [-0.05, 0) is 112 Å². The molecular weight excluding hydrogens is 663 g/mol. The van der Waals surface area contributed by atoms with Crippen LogP contribution in [0.2, 0.25) is 0 Å². The van der Waals surface area contributed by atoms with E-state index in [1.54, 1.807) is 25.1 Å². The van der Waals surface area contributed by atoms with Crippen LogP contribution in [0.25, 0.3) is 6.08 Å². The standard InChI is InChI=1S/C22H18FI2NO5S/c1-3-30-21(28)12(2)26-20(27)18(32-22(26)29)10-14-8-16(24)19(17(25)9-14)31-11-13-5-4-6-15(23)7-13/h4-10,12H,3,11H2,1-2H3/b18-10+/t12-/m1/s1. The summed E-state index contributed by atoms with van der Waals surface area (Å²) < 4.78 is 25.8. The van der Waals surface area contributed by atoms with Crippen molar-refractivity contribution in [3.8, 4) is 5.75 Å². The Morgan fingerprint density at radius 3 is 2.53 bits per heavy atom. The molecule has 1 aliphatic heterocycles. The van der Waals surface area contributed by atoms with Gasteiger partial charge in [0.1, 0.15) is 24.2 Å². The molecule has 168 valence electrons.